The molecule has 0 aliphatic rings. The van der Waals surface area contributed by atoms with Gasteiger partial charge in [-0.1, -0.05) is 28.1 Å². The lowest BCUT2D eigenvalue weighted by atomic mass is 10.0. The number of rotatable bonds is 4. The third-order valence-electron chi connectivity index (χ3n) is 3.02. The Hall–Kier alpha value is -1.68. The molecule has 104 valence electrons. The summed E-state index contributed by atoms with van der Waals surface area (Å²) in [7, 11) is 1.57. The van der Waals surface area contributed by atoms with Crippen LogP contribution in [0.2, 0.25) is 0 Å². The fourth-order valence-electron chi connectivity index (χ4n) is 1.99. The van der Waals surface area contributed by atoms with E-state index in [4.69, 9.17) is 4.74 Å². The standard InChI is InChI=1S/C16H14BrFO2/c1-10-3-4-12(8-16(10)20-2)15(19)7-11-5-13(17)9-14(18)6-11/h3-6,8-9H,7H2,1-2H3. The Morgan fingerprint density at radius 3 is 2.65 bits per heavy atom. The smallest absolute Gasteiger partial charge is 0.167 e. The average molecular weight is 337 g/mol. The molecule has 0 saturated carbocycles. The van der Waals surface area contributed by atoms with Gasteiger partial charge < -0.3 is 4.74 Å². The van der Waals surface area contributed by atoms with E-state index in [1.54, 1.807) is 25.3 Å². The second-order valence-electron chi connectivity index (χ2n) is 4.56. The average Bonchev–Trinajstić information content (AvgIpc) is 2.37. The van der Waals surface area contributed by atoms with Gasteiger partial charge in [0.05, 0.1) is 7.11 Å². The normalized spacial score (nSPS) is 10.4. The molecule has 4 heteroatoms. The maximum Gasteiger partial charge on any atom is 0.167 e. The molecular formula is C16H14BrFO2. The molecule has 0 radical (unpaired) electrons. The van der Waals surface area contributed by atoms with Crippen LogP contribution in [0.1, 0.15) is 21.5 Å². The van der Waals surface area contributed by atoms with E-state index in [0.29, 0.717) is 21.3 Å². The van der Waals surface area contributed by atoms with Gasteiger partial charge in [0.25, 0.3) is 0 Å². The van der Waals surface area contributed by atoms with Crippen molar-refractivity contribution in [2.24, 2.45) is 0 Å². The molecule has 2 aromatic carbocycles. The monoisotopic (exact) mass is 336 g/mol. The Balaban J connectivity index is 2.23. The molecule has 0 saturated heterocycles. The van der Waals surface area contributed by atoms with E-state index in [1.807, 2.05) is 13.0 Å². The lowest BCUT2D eigenvalue weighted by molar-refractivity contribution is 0.0992. The van der Waals surface area contributed by atoms with E-state index in [9.17, 15) is 9.18 Å². The van der Waals surface area contributed by atoms with Crippen molar-refractivity contribution in [3.05, 3.63) is 63.4 Å². The van der Waals surface area contributed by atoms with Gasteiger partial charge in [-0.15, -0.1) is 0 Å². The number of carbonyl (C=O) groups is 1. The predicted octanol–water partition coefficient (Wildman–Crippen LogP) is 4.33. The van der Waals surface area contributed by atoms with Gasteiger partial charge in [0.1, 0.15) is 11.6 Å². The molecule has 0 spiro atoms. The van der Waals surface area contributed by atoms with Crippen molar-refractivity contribution in [2.45, 2.75) is 13.3 Å². The number of ether oxygens (including phenoxy) is 1. The molecule has 0 bridgehead atoms. The Morgan fingerprint density at radius 2 is 2.00 bits per heavy atom. The highest BCUT2D eigenvalue weighted by atomic mass is 79.9. The number of carbonyl (C=O) groups excluding carboxylic acids is 1. The van der Waals surface area contributed by atoms with Crippen LogP contribution in [0.15, 0.2) is 40.9 Å². The molecule has 2 rings (SSSR count). The molecule has 0 fully saturated rings. The summed E-state index contributed by atoms with van der Waals surface area (Å²) < 4.78 is 19.1. The van der Waals surface area contributed by atoms with E-state index < -0.39 is 0 Å². The molecule has 0 aliphatic carbocycles. The highest BCUT2D eigenvalue weighted by molar-refractivity contribution is 9.10. The molecule has 2 nitrogen and oxygen atoms in total. The maximum absolute atomic E-state index is 13.3. The van der Waals surface area contributed by atoms with Gasteiger partial charge >= 0.3 is 0 Å². The first-order valence-electron chi connectivity index (χ1n) is 6.12. The Morgan fingerprint density at radius 1 is 1.25 bits per heavy atom. The van der Waals surface area contributed by atoms with Crippen molar-refractivity contribution in [1.29, 1.82) is 0 Å². The molecule has 0 aromatic heterocycles. The molecule has 2 aromatic rings. The van der Waals surface area contributed by atoms with Crippen molar-refractivity contribution in [2.75, 3.05) is 7.11 Å². The lowest BCUT2D eigenvalue weighted by Crippen LogP contribution is -2.04. The topological polar surface area (TPSA) is 26.3 Å². The zero-order chi connectivity index (χ0) is 14.7. The third-order valence-corrected chi connectivity index (χ3v) is 3.47. The van der Waals surface area contributed by atoms with Crippen molar-refractivity contribution in [1.82, 2.24) is 0 Å². The highest BCUT2D eigenvalue weighted by Gasteiger charge is 2.10. The van der Waals surface area contributed by atoms with Crippen LogP contribution in [0.5, 0.6) is 5.75 Å². The number of halogens is 2. The number of ketones is 1. The molecule has 0 N–H and O–H groups in total. The number of aryl methyl sites for hydroxylation is 1. The van der Waals surface area contributed by atoms with Gasteiger partial charge in [0, 0.05) is 16.5 Å². The quantitative estimate of drug-likeness (QED) is 0.776. The predicted molar refractivity (Wildman–Crippen MR) is 79.9 cm³/mol. The summed E-state index contributed by atoms with van der Waals surface area (Å²) in [6, 6.07) is 9.79. The fraction of sp³-hybridized carbons (Fsp3) is 0.188. The van der Waals surface area contributed by atoms with Gasteiger partial charge in [-0.2, -0.15) is 0 Å². The van der Waals surface area contributed by atoms with Crippen LogP contribution in [0, 0.1) is 12.7 Å². The number of hydrogen-bond acceptors (Lipinski definition) is 2. The minimum atomic E-state index is -0.358. The second kappa shape index (κ2) is 6.18. The summed E-state index contributed by atoms with van der Waals surface area (Å²) in [6.07, 6.45) is 0.155. The molecular weight excluding hydrogens is 323 g/mol. The first-order chi connectivity index (χ1) is 9.49. The third kappa shape index (κ3) is 3.45. The second-order valence-corrected chi connectivity index (χ2v) is 5.48. The Labute approximate surface area is 125 Å². The highest BCUT2D eigenvalue weighted by Crippen LogP contribution is 2.21. The van der Waals surface area contributed by atoms with Gasteiger partial charge in [-0.25, -0.2) is 4.39 Å². The first-order valence-corrected chi connectivity index (χ1v) is 6.91. The summed E-state index contributed by atoms with van der Waals surface area (Å²) in [5.74, 6) is 0.251. The van der Waals surface area contributed by atoms with Crippen LogP contribution >= 0.6 is 15.9 Å². The summed E-state index contributed by atoms with van der Waals surface area (Å²) in [4.78, 5) is 12.2. The van der Waals surface area contributed by atoms with E-state index >= 15 is 0 Å². The number of benzene rings is 2. The zero-order valence-corrected chi connectivity index (χ0v) is 12.8. The first kappa shape index (κ1) is 14.7. The molecule has 0 heterocycles. The Bertz CT molecular complexity index is 633. The van der Waals surface area contributed by atoms with Crippen molar-refractivity contribution in [3.8, 4) is 5.75 Å². The minimum absolute atomic E-state index is 0.0687. The molecule has 0 aliphatic heterocycles. The van der Waals surface area contributed by atoms with Gasteiger partial charge in [-0.3, -0.25) is 4.79 Å². The zero-order valence-electron chi connectivity index (χ0n) is 11.2. The fourth-order valence-corrected chi connectivity index (χ4v) is 2.51. The number of Topliss-reactive ketones (excluding diaryl/α,β-unsaturated/α-hetero) is 1. The summed E-state index contributed by atoms with van der Waals surface area (Å²) in [6.45, 7) is 1.91. The van der Waals surface area contributed by atoms with Crippen LogP contribution in [-0.4, -0.2) is 12.9 Å². The Kier molecular flexibility index (Phi) is 4.55. The van der Waals surface area contributed by atoms with Crippen LogP contribution in [0.4, 0.5) is 4.39 Å². The van der Waals surface area contributed by atoms with E-state index in [1.165, 1.54) is 12.1 Å². The van der Waals surface area contributed by atoms with E-state index in [-0.39, 0.29) is 18.0 Å². The maximum atomic E-state index is 13.3. The van der Waals surface area contributed by atoms with Crippen molar-refractivity contribution < 1.29 is 13.9 Å². The largest absolute Gasteiger partial charge is 0.496 e. The van der Waals surface area contributed by atoms with Gasteiger partial charge in [-0.05, 0) is 42.3 Å². The lowest BCUT2D eigenvalue weighted by Gasteiger charge is -2.07. The summed E-state index contributed by atoms with van der Waals surface area (Å²) >= 11 is 3.22. The van der Waals surface area contributed by atoms with Gasteiger partial charge in [0.15, 0.2) is 5.78 Å². The summed E-state index contributed by atoms with van der Waals surface area (Å²) in [5, 5.41) is 0. The SMILES string of the molecule is COc1cc(C(=O)Cc2cc(F)cc(Br)c2)ccc1C. The molecule has 0 unspecified atom stereocenters. The van der Waals surface area contributed by atoms with Crippen LogP contribution in [0.25, 0.3) is 0 Å². The molecule has 0 atom stereocenters. The summed E-state index contributed by atoms with van der Waals surface area (Å²) in [5.41, 5.74) is 2.17. The van der Waals surface area contributed by atoms with Crippen LogP contribution in [0.3, 0.4) is 0 Å². The van der Waals surface area contributed by atoms with Crippen LogP contribution < -0.4 is 4.74 Å². The molecule has 0 amide bonds. The van der Waals surface area contributed by atoms with E-state index in [2.05, 4.69) is 15.9 Å². The molecule has 20 heavy (non-hydrogen) atoms. The van der Waals surface area contributed by atoms with Crippen molar-refractivity contribution in [3.63, 3.8) is 0 Å². The number of methoxy groups -OCH3 is 1. The van der Waals surface area contributed by atoms with Crippen molar-refractivity contribution >= 4 is 21.7 Å². The minimum Gasteiger partial charge on any atom is -0.496 e. The van der Waals surface area contributed by atoms with Gasteiger partial charge in [0.2, 0.25) is 0 Å². The van der Waals surface area contributed by atoms with Crippen LogP contribution in [-0.2, 0) is 6.42 Å². The van der Waals surface area contributed by atoms with E-state index in [0.717, 1.165) is 5.56 Å². The number of hydrogen-bond donors (Lipinski definition) is 0.